The maximum absolute atomic E-state index is 12.0. The summed E-state index contributed by atoms with van der Waals surface area (Å²) in [5.74, 6) is -1.61. The van der Waals surface area contributed by atoms with Crippen LogP contribution in [-0.4, -0.2) is 32.8 Å². The molecular weight excluding hydrogens is 234 g/mol. The summed E-state index contributed by atoms with van der Waals surface area (Å²) in [6.45, 7) is 1.81. The zero-order valence-corrected chi connectivity index (χ0v) is 10.3. The number of amides is 1. The highest BCUT2D eigenvalue weighted by Crippen LogP contribution is 2.18. The molecule has 96 valence electrons. The normalized spacial score (nSPS) is 22.1. The quantitative estimate of drug-likeness (QED) is 0.763. The van der Waals surface area contributed by atoms with Gasteiger partial charge in [0, 0.05) is 13.1 Å². The molecule has 6 nitrogen and oxygen atoms in total. The van der Waals surface area contributed by atoms with E-state index in [2.05, 4.69) is 10.4 Å². The molecule has 0 aliphatic heterocycles. The van der Waals surface area contributed by atoms with Crippen LogP contribution in [0.15, 0.2) is 18.2 Å². The summed E-state index contributed by atoms with van der Waals surface area (Å²) in [6, 6.07) is 1.47. The number of carbonyl (C=O) groups is 2. The van der Waals surface area contributed by atoms with Crippen LogP contribution in [0.4, 0.5) is 0 Å². The van der Waals surface area contributed by atoms with E-state index in [4.69, 9.17) is 5.11 Å². The molecule has 2 unspecified atom stereocenters. The molecule has 1 aromatic rings. The Labute approximate surface area is 104 Å². The van der Waals surface area contributed by atoms with E-state index in [0.717, 1.165) is 5.69 Å². The molecule has 0 saturated heterocycles. The van der Waals surface area contributed by atoms with E-state index >= 15 is 0 Å². The van der Waals surface area contributed by atoms with Gasteiger partial charge in [-0.1, -0.05) is 12.2 Å². The molecule has 0 fully saturated rings. The summed E-state index contributed by atoms with van der Waals surface area (Å²) < 4.78 is 1.51. The van der Waals surface area contributed by atoms with Gasteiger partial charge in [-0.15, -0.1) is 0 Å². The molecule has 1 heterocycles. The van der Waals surface area contributed by atoms with E-state index in [-0.39, 0.29) is 11.9 Å². The number of rotatable bonds is 3. The fraction of sp³-hybridized carbons (Fsp3) is 0.417. The number of aromatic nitrogens is 2. The van der Waals surface area contributed by atoms with Gasteiger partial charge in [-0.25, -0.2) is 0 Å². The number of aliphatic carboxylic acids is 1. The van der Waals surface area contributed by atoms with E-state index in [1.165, 1.54) is 4.68 Å². The first-order valence-electron chi connectivity index (χ1n) is 5.70. The zero-order valence-electron chi connectivity index (χ0n) is 10.3. The van der Waals surface area contributed by atoms with Crippen molar-refractivity contribution in [2.24, 2.45) is 13.0 Å². The molecule has 6 heteroatoms. The largest absolute Gasteiger partial charge is 0.481 e. The van der Waals surface area contributed by atoms with Crippen molar-refractivity contribution in [3.05, 3.63) is 29.6 Å². The van der Waals surface area contributed by atoms with Crippen molar-refractivity contribution >= 4 is 11.9 Å². The lowest BCUT2D eigenvalue weighted by molar-refractivity contribution is -0.140. The average Bonchev–Trinajstić information content (AvgIpc) is 2.85. The summed E-state index contributed by atoms with van der Waals surface area (Å²) >= 11 is 0. The molecule has 1 aliphatic rings. The molecule has 0 aromatic carbocycles. The topological polar surface area (TPSA) is 84.2 Å². The van der Waals surface area contributed by atoms with Crippen LogP contribution in [0.25, 0.3) is 0 Å². The Bertz CT molecular complexity index is 519. The highest BCUT2D eigenvalue weighted by atomic mass is 16.4. The van der Waals surface area contributed by atoms with Gasteiger partial charge in [0.2, 0.25) is 0 Å². The monoisotopic (exact) mass is 249 g/mol. The summed E-state index contributed by atoms with van der Waals surface area (Å²) in [5, 5.41) is 15.7. The number of carboxylic acids is 1. The molecule has 0 spiro atoms. The van der Waals surface area contributed by atoms with E-state index in [9.17, 15) is 9.59 Å². The average molecular weight is 249 g/mol. The maximum atomic E-state index is 12.0. The summed E-state index contributed by atoms with van der Waals surface area (Å²) in [6.07, 6.45) is 3.74. The minimum Gasteiger partial charge on any atom is -0.481 e. The molecule has 1 aliphatic carbocycles. The van der Waals surface area contributed by atoms with Gasteiger partial charge < -0.3 is 10.4 Å². The van der Waals surface area contributed by atoms with Crippen LogP contribution < -0.4 is 5.32 Å². The first-order valence-corrected chi connectivity index (χ1v) is 5.70. The molecule has 0 saturated carbocycles. The van der Waals surface area contributed by atoms with E-state index < -0.39 is 11.9 Å². The number of hydrogen-bond acceptors (Lipinski definition) is 3. The Hall–Kier alpha value is -2.11. The second kappa shape index (κ2) is 4.64. The van der Waals surface area contributed by atoms with Crippen LogP contribution >= 0.6 is 0 Å². The van der Waals surface area contributed by atoms with Crippen molar-refractivity contribution in [3.63, 3.8) is 0 Å². The van der Waals surface area contributed by atoms with Crippen LogP contribution in [0, 0.1) is 12.8 Å². The van der Waals surface area contributed by atoms with Gasteiger partial charge in [0.25, 0.3) is 5.91 Å². The Morgan fingerprint density at radius 3 is 2.72 bits per heavy atom. The standard InChI is InChI=1S/C12H15N3O3/c1-7-5-10(15(2)14-7)11(16)13-9-4-3-8(6-9)12(17)18/h3-5,8-9H,6H2,1-2H3,(H,13,16)(H,17,18). The lowest BCUT2D eigenvalue weighted by Crippen LogP contribution is -2.34. The molecule has 2 N–H and O–H groups in total. The van der Waals surface area contributed by atoms with Crippen LogP contribution in [0.5, 0.6) is 0 Å². The van der Waals surface area contributed by atoms with E-state index in [1.807, 2.05) is 6.92 Å². The van der Waals surface area contributed by atoms with Crippen LogP contribution in [0.3, 0.4) is 0 Å². The molecule has 1 aromatic heterocycles. The molecular formula is C12H15N3O3. The molecule has 18 heavy (non-hydrogen) atoms. The van der Waals surface area contributed by atoms with Crippen LogP contribution in [0.2, 0.25) is 0 Å². The second-order valence-electron chi connectivity index (χ2n) is 4.44. The first kappa shape index (κ1) is 12.3. The summed E-state index contributed by atoms with van der Waals surface area (Å²) in [7, 11) is 1.70. The number of nitrogens with one attached hydrogen (secondary N) is 1. The number of carboxylic acid groups (broad SMARTS) is 1. The second-order valence-corrected chi connectivity index (χ2v) is 4.44. The van der Waals surface area contributed by atoms with Crippen molar-refractivity contribution in [2.45, 2.75) is 19.4 Å². The predicted molar refractivity (Wildman–Crippen MR) is 64.1 cm³/mol. The van der Waals surface area contributed by atoms with Crippen LogP contribution in [-0.2, 0) is 11.8 Å². The number of aryl methyl sites for hydroxylation is 2. The number of hydrogen-bond donors (Lipinski definition) is 2. The third-order valence-electron chi connectivity index (χ3n) is 2.95. The van der Waals surface area contributed by atoms with Gasteiger partial charge in [-0.3, -0.25) is 14.3 Å². The molecule has 0 radical (unpaired) electrons. The highest BCUT2D eigenvalue weighted by molar-refractivity contribution is 5.93. The zero-order chi connectivity index (χ0) is 13.3. The molecule has 1 amide bonds. The van der Waals surface area contributed by atoms with E-state index in [0.29, 0.717) is 12.1 Å². The molecule has 0 bridgehead atoms. The van der Waals surface area contributed by atoms with Gasteiger partial charge in [0.05, 0.1) is 11.6 Å². The Balaban J connectivity index is 2.00. The van der Waals surface area contributed by atoms with Gasteiger partial charge in [0.15, 0.2) is 0 Å². The SMILES string of the molecule is Cc1cc(C(=O)NC2C=CC(C(=O)O)C2)n(C)n1. The van der Waals surface area contributed by atoms with Gasteiger partial charge in [-0.05, 0) is 19.4 Å². The molecule has 2 rings (SSSR count). The van der Waals surface area contributed by atoms with Crippen molar-refractivity contribution in [1.29, 1.82) is 0 Å². The smallest absolute Gasteiger partial charge is 0.310 e. The number of carbonyl (C=O) groups excluding carboxylic acids is 1. The minimum absolute atomic E-state index is 0.228. The lowest BCUT2D eigenvalue weighted by Gasteiger charge is -2.11. The maximum Gasteiger partial charge on any atom is 0.310 e. The Morgan fingerprint density at radius 1 is 1.50 bits per heavy atom. The van der Waals surface area contributed by atoms with Gasteiger partial charge >= 0.3 is 5.97 Å². The van der Waals surface area contributed by atoms with Crippen LogP contribution in [0.1, 0.15) is 22.6 Å². The predicted octanol–water partition coefficient (Wildman–Crippen LogP) is 0.488. The first-order chi connectivity index (χ1) is 8.47. The summed E-state index contributed by atoms with van der Waals surface area (Å²) in [4.78, 5) is 22.7. The Morgan fingerprint density at radius 2 is 2.22 bits per heavy atom. The fourth-order valence-corrected chi connectivity index (χ4v) is 2.05. The summed E-state index contributed by atoms with van der Waals surface area (Å²) in [5.41, 5.74) is 1.24. The minimum atomic E-state index is -0.862. The lowest BCUT2D eigenvalue weighted by atomic mass is 10.1. The van der Waals surface area contributed by atoms with E-state index in [1.54, 1.807) is 25.3 Å². The Kier molecular flexibility index (Phi) is 3.18. The third-order valence-corrected chi connectivity index (χ3v) is 2.95. The third kappa shape index (κ3) is 2.42. The van der Waals surface area contributed by atoms with Crippen molar-refractivity contribution < 1.29 is 14.7 Å². The fourth-order valence-electron chi connectivity index (χ4n) is 2.05. The van der Waals surface area contributed by atoms with Gasteiger partial charge in [0.1, 0.15) is 5.69 Å². The van der Waals surface area contributed by atoms with Crippen molar-refractivity contribution in [2.75, 3.05) is 0 Å². The number of nitrogens with zero attached hydrogens (tertiary/aromatic N) is 2. The van der Waals surface area contributed by atoms with Crippen molar-refractivity contribution in [3.8, 4) is 0 Å². The van der Waals surface area contributed by atoms with Gasteiger partial charge in [-0.2, -0.15) is 5.10 Å². The van der Waals surface area contributed by atoms with Crippen molar-refractivity contribution in [1.82, 2.24) is 15.1 Å². The highest BCUT2D eigenvalue weighted by Gasteiger charge is 2.26. The molecule has 2 atom stereocenters.